The maximum atomic E-state index is 13.5. The van der Waals surface area contributed by atoms with Gasteiger partial charge in [-0.25, -0.2) is 0 Å². The van der Waals surface area contributed by atoms with E-state index >= 15 is 0 Å². The predicted molar refractivity (Wildman–Crippen MR) is 141 cm³/mol. The van der Waals surface area contributed by atoms with Crippen molar-refractivity contribution in [2.24, 2.45) is 0 Å². The third kappa shape index (κ3) is 7.74. The lowest BCUT2D eigenvalue weighted by atomic mass is 10.0. The summed E-state index contributed by atoms with van der Waals surface area (Å²) in [6.45, 7) is 4.31. The number of nitrogens with zero attached hydrogens (tertiary/aromatic N) is 1. The van der Waals surface area contributed by atoms with Gasteiger partial charge < -0.3 is 15.0 Å². The number of likely N-dealkylation sites (N-methyl/N-ethyl adjacent to an activating group) is 1. The smallest absolute Gasteiger partial charge is 0.261 e. The lowest BCUT2D eigenvalue weighted by Gasteiger charge is -2.31. The maximum Gasteiger partial charge on any atom is 0.261 e. The Hall–Kier alpha value is -3.02. The van der Waals surface area contributed by atoms with Crippen molar-refractivity contribution in [3.05, 3.63) is 99.5 Å². The number of carbonyl (C=O) groups is 2. The normalized spacial score (nSPS) is 11.5. The topological polar surface area (TPSA) is 58.6 Å². The van der Waals surface area contributed by atoms with E-state index in [0.717, 1.165) is 12.0 Å². The fourth-order valence-electron chi connectivity index (χ4n) is 3.73. The number of hydrogen-bond donors (Lipinski definition) is 1. The van der Waals surface area contributed by atoms with E-state index in [-0.39, 0.29) is 25.0 Å². The minimum absolute atomic E-state index is 0.140. The Balaban J connectivity index is 1.89. The number of rotatable bonds is 11. The van der Waals surface area contributed by atoms with Gasteiger partial charge in [-0.1, -0.05) is 78.7 Å². The number of ether oxygens (including phenoxy) is 1. The molecule has 0 saturated carbocycles. The molecule has 1 N–H and O–H groups in total. The fourth-order valence-corrected chi connectivity index (χ4v) is 4.20. The van der Waals surface area contributed by atoms with E-state index in [1.165, 1.54) is 10.5 Å². The first-order valence-electron chi connectivity index (χ1n) is 11.7. The molecule has 3 rings (SSSR count). The van der Waals surface area contributed by atoms with Crippen LogP contribution in [0.2, 0.25) is 10.0 Å². The molecule has 0 heterocycles. The maximum absolute atomic E-state index is 13.5. The Morgan fingerprint density at radius 1 is 0.943 bits per heavy atom. The van der Waals surface area contributed by atoms with Crippen LogP contribution in [0.5, 0.6) is 5.75 Å². The molecule has 3 aromatic carbocycles. The van der Waals surface area contributed by atoms with Crippen molar-refractivity contribution in [2.45, 2.75) is 39.3 Å². The predicted octanol–water partition coefficient (Wildman–Crippen LogP) is 5.71. The number of nitrogens with one attached hydrogen (secondary N) is 1. The summed E-state index contributed by atoms with van der Waals surface area (Å²) in [7, 11) is 0. The summed E-state index contributed by atoms with van der Waals surface area (Å²) >= 11 is 12.5. The highest BCUT2D eigenvalue weighted by Gasteiger charge is 2.31. The molecule has 0 bridgehead atoms. The van der Waals surface area contributed by atoms with Gasteiger partial charge in [0.25, 0.3) is 5.91 Å². The summed E-state index contributed by atoms with van der Waals surface area (Å²) in [5.74, 6) is 0.0440. The van der Waals surface area contributed by atoms with Crippen molar-refractivity contribution in [1.29, 1.82) is 0 Å². The van der Waals surface area contributed by atoms with E-state index in [4.69, 9.17) is 27.9 Å². The van der Waals surface area contributed by atoms with Crippen LogP contribution >= 0.6 is 23.2 Å². The molecule has 0 aliphatic carbocycles. The highest BCUT2D eigenvalue weighted by Crippen LogP contribution is 2.24. The molecule has 0 radical (unpaired) electrons. The highest BCUT2D eigenvalue weighted by atomic mass is 35.5. The Morgan fingerprint density at radius 3 is 2.29 bits per heavy atom. The number of amides is 2. The lowest BCUT2D eigenvalue weighted by molar-refractivity contribution is -0.142. The van der Waals surface area contributed by atoms with E-state index < -0.39 is 6.04 Å². The number of hydrogen-bond acceptors (Lipinski definition) is 3. The summed E-state index contributed by atoms with van der Waals surface area (Å²) in [5, 5.41) is 3.80. The molecule has 0 aliphatic heterocycles. The van der Waals surface area contributed by atoms with E-state index in [1.54, 1.807) is 18.2 Å². The third-order valence-corrected chi connectivity index (χ3v) is 6.26. The first-order valence-corrected chi connectivity index (χ1v) is 12.4. The second kappa shape index (κ2) is 13.2. The molecule has 0 spiro atoms. The summed E-state index contributed by atoms with van der Waals surface area (Å²) in [5.41, 5.74) is 2.82. The quantitative estimate of drug-likeness (QED) is 0.357. The Bertz CT molecular complexity index is 1120. The summed E-state index contributed by atoms with van der Waals surface area (Å²) < 4.78 is 5.80. The molecular weight excluding hydrogens is 483 g/mol. The number of benzene rings is 3. The van der Waals surface area contributed by atoms with Crippen molar-refractivity contribution in [2.75, 3.05) is 13.2 Å². The summed E-state index contributed by atoms with van der Waals surface area (Å²) in [6, 6.07) is 21.6. The van der Waals surface area contributed by atoms with Crippen LogP contribution in [0.1, 0.15) is 30.5 Å². The lowest BCUT2D eigenvalue weighted by Crippen LogP contribution is -2.51. The van der Waals surface area contributed by atoms with Crippen molar-refractivity contribution in [3.63, 3.8) is 0 Å². The van der Waals surface area contributed by atoms with Gasteiger partial charge >= 0.3 is 0 Å². The Labute approximate surface area is 217 Å². The molecule has 35 heavy (non-hydrogen) atoms. The zero-order chi connectivity index (χ0) is 25.2. The average molecular weight is 513 g/mol. The van der Waals surface area contributed by atoms with E-state index in [1.807, 2.05) is 61.5 Å². The van der Waals surface area contributed by atoms with Gasteiger partial charge in [-0.3, -0.25) is 9.59 Å². The molecule has 3 aromatic rings. The second-order valence-electron chi connectivity index (χ2n) is 8.14. The molecule has 0 fully saturated rings. The van der Waals surface area contributed by atoms with Crippen LogP contribution in [-0.2, 0) is 29.0 Å². The van der Waals surface area contributed by atoms with Crippen LogP contribution in [0.25, 0.3) is 0 Å². The Kier molecular flexibility index (Phi) is 10.0. The molecule has 0 aromatic heterocycles. The molecule has 2 amide bonds. The molecule has 0 aliphatic rings. The monoisotopic (exact) mass is 512 g/mol. The molecular formula is C28H30Cl2N2O3. The van der Waals surface area contributed by atoms with Crippen LogP contribution in [-0.4, -0.2) is 35.9 Å². The molecule has 7 heteroatoms. The molecule has 0 saturated heterocycles. The van der Waals surface area contributed by atoms with Gasteiger partial charge in [0.2, 0.25) is 5.91 Å². The summed E-state index contributed by atoms with van der Waals surface area (Å²) in [6.07, 6.45) is 1.28. The Morgan fingerprint density at radius 2 is 1.66 bits per heavy atom. The van der Waals surface area contributed by atoms with Crippen LogP contribution in [0.15, 0.2) is 72.8 Å². The molecule has 5 nitrogen and oxygen atoms in total. The zero-order valence-electron chi connectivity index (χ0n) is 20.0. The van der Waals surface area contributed by atoms with Crippen molar-refractivity contribution >= 4 is 35.0 Å². The summed E-state index contributed by atoms with van der Waals surface area (Å²) in [4.78, 5) is 28.2. The van der Waals surface area contributed by atoms with Gasteiger partial charge in [-0.15, -0.1) is 0 Å². The first-order chi connectivity index (χ1) is 16.9. The number of halogens is 2. The van der Waals surface area contributed by atoms with Gasteiger partial charge in [0, 0.05) is 29.6 Å². The van der Waals surface area contributed by atoms with Gasteiger partial charge in [-0.05, 0) is 54.3 Å². The van der Waals surface area contributed by atoms with Gasteiger partial charge in [0.05, 0.1) is 0 Å². The van der Waals surface area contributed by atoms with E-state index in [2.05, 4.69) is 12.2 Å². The number of aryl methyl sites for hydroxylation is 1. The fraction of sp³-hybridized carbons (Fsp3) is 0.286. The zero-order valence-corrected chi connectivity index (χ0v) is 21.5. The molecule has 1 atom stereocenters. The van der Waals surface area contributed by atoms with Gasteiger partial charge in [-0.2, -0.15) is 0 Å². The minimum atomic E-state index is -0.748. The van der Waals surface area contributed by atoms with Crippen LogP contribution in [0.3, 0.4) is 0 Å². The van der Waals surface area contributed by atoms with Crippen LogP contribution < -0.4 is 10.1 Å². The van der Waals surface area contributed by atoms with Crippen LogP contribution in [0.4, 0.5) is 0 Å². The standard InChI is InChI=1S/C28H30Cl2N2O3/c1-3-20-10-14-24(15-11-20)35-19-27(33)32(18-22-12-13-23(29)17-25(22)30)26(28(34)31-4-2)16-21-8-6-5-7-9-21/h5-15,17,26H,3-4,16,18-19H2,1-2H3,(H,31,34)/t26-/m0/s1. The van der Waals surface area contributed by atoms with Gasteiger partial charge in [0.1, 0.15) is 11.8 Å². The highest BCUT2D eigenvalue weighted by molar-refractivity contribution is 6.35. The molecule has 184 valence electrons. The van der Waals surface area contributed by atoms with E-state index in [0.29, 0.717) is 34.3 Å². The average Bonchev–Trinajstić information content (AvgIpc) is 2.87. The van der Waals surface area contributed by atoms with Gasteiger partial charge in [0.15, 0.2) is 6.61 Å². The van der Waals surface area contributed by atoms with Crippen LogP contribution in [0, 0.1) is 0 Å². The largest absolute Gasteiger partial charge is 0.484 e. The number of carbonyl (C=O) groups excluding carboxylic acids is 2. The van der Waals surface area contributed by atoms with Crippen molar-refractivity contribution in [3.8, 4) is 5.75 Å². The molecule has 0 unspecified atom stereocenters. The SMILES string of the molecule is CCNC(=O)[C@H](Cc1ccccc1)N(Cc1ccc(Cl)cc1Cl)C(=O)COc1ccc(CC)cc1. The second-order valence-corrected chi connectivity index (χ2v) is 8.99. The first kappa shape index (κ1) is 26.6. The minimum Gasteiger partial charge on any atom is -0.484 e. The third-order valence-electron chi connectivity index (χ3n) is 5.67. The van der Waals surface area contributed by atoms with Crippen molar-refractivity contribution in [1.82, 2.24) is 10.2 Å². The van der Waals surface area contributed by atoms with E-state index in [9.17, 15) is 9.59 Å². The van der Waals surface area contributed by atoms with Crippen molar-refractivity contribution < 1.29 is 14.3 Å².